The Morgan fingerprint density at radius 1 is 1.08 bits per heavy atom. The largest absolute Gasteiger partial charge is 0.378 e. The van der Waals surface area contributed by atoms with E-state index in [1.54, 1.807) is 0 Å². The molecule has 0 saturated carbocycles. The number of hydrogen-bond donors (Lipinski definition) is 1. The van der Waals surface area contributed by atoms with Crippen LogP contribution in [0.5, 0.6) is 0 Å². The van der Waals surface area contributed by atoms with E-state index < -0.39 is 0 Å². The van der Waals surface area contributed by atoms with Crippen molar-refractivity contribution >= 4 is 17.3 Å². The quantitative estimate of drug-likeness (QED) is 0.864. The van der Waals surface area contributed by atoms with Gasteiger partial charge >= 0.3 is 0 Å². The standard InChI is InChI=1S/C21H26N2O2/c1-2-6-20(17-7-4-3-5-8-17)21(24)22-18-9-11-19(12-10-18)23-13-15-25-16-14-23/h3-5,7-12,20H,2,6,13-16H2,1H3,(H,22,24). The van der Waals surface area contributed by atoms with Gasteiger partial charge in [0.1, 0.15) is 0 Å². The maximum Gasteiger partial charge on any atom is 0.231 e. The van der Waals surface area contributed by atoms with Crippen LogP contribution in [0.2, 0.25) is 0 Å². The molecule has 1 unspecified atom stereocenters. The number of ether oxygens (including phenoxy) is 1. The maximum absolute atomic E-state index is 12.8. The van der Waals surface area contributed by atoms with Gasteiger partial charge in [0.05, 0.1) is 19.1 Å². The summed E-state index contributed by atoms with van der Waals surface area (Å²) in [4.78, 5) is 15.1. The van der Waals surface area contributed by atoms with Gasteiger partial charge < -0.3 is 15.0 Å². The second-order valence-electron chi connectivity index (χ2n) is 6.39. The molecular formula is C21H26N2O2. The van der Waals surface area contributed by atoms with E-state index in [4.69, 9.17) is 4.74 Å². The minimum Gasteiger partial charge on any atom is -0.378 e. The number of morpholine rings is 1. The van der Waals surface area contributed by atoms with Gasteiger partial charge in [-0.1, -0.05) is 43.7 Å². The zero-order chi connectivity index (χ0) is 17.5. The molecule has 0 radical (unpaired) electrons. The minimum absolute atomic E-state index is 0.0622. The predicted octanol–water partition coefficient (Wildman–Crippen LogP) is 4.05. The van der Waals surface area contributed by atoms with Gasteiger partial charge in [-0.2, -0.15) is 0 Å². The lowest BCUT2D eigenvalue weighted by Gasteiger charge is -2.29. The number of hydrogen-bond acceptors (Lipinski definition) is 3. The van der Waals surface area contributed by atoms with Crippen molar-refractivity contribution < 1.29 is 9.53 Å². The molecule has 2 aromatic carbocycles. The highest BCUT2D eigenvalue weighted by Crippen LogP contribution is 2.24. The number of nitrogens with one attached hydrogen (secondary N) is 1. The molecule has 1 N–H and O–H groups in total. The first kappa shape index (κ1) is 17.5. The second kappa shape index (κ2) is 8.67. The molecular weight excluding hydrogens is 312 g/mol. The Balaban J connectivity index is 1.66. The highest BCUT2D eigenvalue weighted by Gasteiger charge is 2.19. The van der Waals surface area contributed by atoms with Crippen molar-refractivity contribution in [2.24, 2.45) is 0 Å². The number of anilines is 2. The maximum atomic E-state index is 12.8. The van der Waals surface area contributed by atoms with Crippen molar-refractivity contribution in [2.45, 2.75) is 25.7 Å². The van der Waals surface area contributed by atoms with E-state index in [0.29, 0.717) is 0 Å². The van der Waals surface area contributed by atoms with E-state index in [9.17, 15) is 4.79 Å². The summed E-state index contributed by atoms with van der Waals surface area (Å²) in [5, 5.41) is 3.07. The van der Waals surface area contributed by atoms with Crippen molar-refractivity contribution in [3.8, 4) is 0 Å². The van der Waals surface area contributed by atoms with Crippen LogP contribution in [-0.2, 0) is 9.53 Å². The first-order valence-corrected chi connectivity index (χ1v) is 9.06. The Morgan fingerprint density at radius 2 is 1.76 bits per heavy atom. The van der Waals surface area contributed by atoms with E-state index in [1.165, 1.54) is 5.69 Å². The average Bonchev–Trinajstić information content (AvgIpc) is 2.68. The zero-order valence-electron chi connectivity index (χ0n) is 14.8. The van der Waals surface area contributed by atoms with E-state index >= 15 is 0 Å². The van der Waals surface area contributed by atoms with E-state index in [-0.39, 0.29) is 11.8 Å². The number of carbonyl (C=O) groups is 1. The van der Waals surface area contributed by atoms with E-state index in [0.717, 1.165) is 50.4 Å². The summed E-state index contributed by atoms with van der Waals surface area (Å²) in [5.74, 6) is -0.0442. The zero-order valence-corrected chi connectivity index (χ0v) is 14.8. The molecule has 1 atom stereocenters. The van der Waals surface area contributed by atoms with Crippen LogP contribution in [0.1, 0.15) is 31.2 Å². The van der Waals surface area contributed by atoms with Crippen LogP contribution in [0.15, 0.2) is 54.6 Å². The topological polar surface area (TPSA) is 41.6 Å². The van der Waals surface area contributed by atoms with Crippen molar-refractivity contribution in [3.05, 3.63) is 60.2 Å². The monoisotopic (exact) mass is 338 g/mol. The number of carbonyl (C=O) groups excluding carboxylic acids is 1. The first-order chi connectivity index (χ1) is 12.3. The van der Waals surface area contributed by atoms with Crippen LogP contribution in [0.4, 0.5) is 11.4 Å². The Kier molecular flexibility index (Phi) is 6.07. The summed E-state index contributed by atoms with van der Waals surface area (Å²) in [6, 6.07) is 18.1. The fourth-order valence-corrected chi connectivity index (χ4v) is 3.23. The molecule has 1 saturated heterocycles. The molecule has 1 aliphatic heterocycles. The molecule has 132 valence electrons. The third-order valence-corrected chi connectivity index (χ3v) is 4.61. The summed E-state index contributed by atoms with van der Waals surface area (Å²) in [6.45, 7) is 5.49. The average molecular weight is 338 g/mol. The number of nitrogens with zero attached hydrogens (tertiary/aromatic N) is 1. The van der Waals surface area contributed by atoms with E-state index in [1.807, 2.05) is 42.5 Å². The summed E-state index contributed by atoms with van der Waals surface area (Å²) in [5.41, 5.74) is 3.10. The van der Waals surface area contributed by atoms with Gasteiger partial charge in [-0.25, -0.2) is 0 Å². The molecule has 25 heavy (non-hydrogen) atoms. The third kappa shape index (κ3) is 4.60. The van der Waals surface area contributed by atoms with Crippen molar-refractivity contribution in [2.75, 3.05) is 36.5 Å². The van der Waals surface area contributed by atoms with Crippen LogP contribution in [0, 0.1) is 0 Å². The summed E-state index contributed by atoms with van der Waals surface area (Å²) in [7, 11) is 0. The highest BCUT2D eigenvalue weighted by atomic mass is 16.5. The Bertz CT molecular complexity index is 664. The van der Waals surface area contributed by atoms with Gasteiger partial charge in [0.15, 0.2) is 0 Å². The summed E-state index contributed by atoms with van der Waals surface area (Å²) in [6.07, 6.45) is 1.82. The SMILES string of the molecule is CCCC(C(=O)Nc1ccc(N2CCOCC2)cc1)c1ccccc1. The molecule has 4 nitrogen and oxygen atoms in total. The van der Waals surface area contributed by atoms with Crippen LogP contribution >= 0.6 is 0 Å². The lowest BCUT2D eigenvalue weighted by atomic mass is 9.93. The molecule has 1 amide bonds. The Morgan fingerprint density at radius 3 is 2.40 bits per heavy atom. The van der Waals surface area contributed by atoms with Gasteiger partial charge in [-0.05, 0) is 36.2 Å². The Hall–Kier alpha value is -2.33. The number of benzene rings is 2. The summed E-state index contributed by atoms with van der Waals surface area (Å²) < 4.78 is 5.39. The van der Waals surface area contributed by atoms with Gasteiger partial charge in [0.2, 0.25) is 5.91 Å². The van der Waals surface area contributed by atoms with Gasteiger partial charge in [0, 0.05) is 24.5 Å². The van der Waals surface area contributed by atoms with Crippen LogP contribution < -0.4 is 10.2 Å². The number of amides is 1. The van der Waals surface area contributed by atoms with Crippen LogP contribution in [-0.4, -0.2) is 32.2 Å². The lowest BCUT2D eigenvalue weighted by Crippen LogP contribution is -2.36. The van der Waals surface area contributed by atoms with Gasteiger partial charge in [-0.15, -0.1) is 0 Å². The molecule has 1 aliphatic rings. The van der Waals surface area contributed by atoms with Gasteiger partial charge in [0.25, 0.3) is 0 Å². The van der Waals surface area contributed by atoms with Crippen molar-refractivity contribution in [1.29, 1.82) is 0 Å². The van der Waals surface area contributed by atoms with E-state index in [2.05, 4.69) is 29.3 Å². The fraction of sp³-hybridized carbons (Fsp3) is 0.381. The lowest BCUT2D eigenvalue weighted by molar-refractivity contribution is -0.117. The normalized spacial score (nSPS) is 15.6. The molecule has 2 aromatic rings. The molecule has 1 fully saturated rings. The smallest absolute Gasteiger partial charge is 0.231 e. The second-order valence-corrected chi connectivity index (χ2v) is 6.39. The molecule has 4 heteroatoms. The van der Waals surface area contributed by atoms with Crippen molar-refractivity contribution in [1.82, 2.24) is 0 Å². The molecule has 0 aromatic heterocycles. The molecule has 0 spiro atoms. The third-order valence-electron chi connectivity index (χ3n) is 4.61. The molecule has 0 aliphatic carbocycles. The molecule has 1 heterocycles. The number of rotatable bonds is 6. The fourth-order valence-electron chi connectivity index (χ4n) is 3.23. The van der Waals surface area contributed by atoms with Crippen LogP contribution in [0.25, 0.3) is 0 Å². The van der Waals surface area contributed by atoms with Crippen LogP contribution in [0.3, 0.4) is 0 Å². The first-order valence-electron chi connectivity index (χ1n) is 9.06. The predicted molar refractivity (Wildman–Crippen MR) is 102 cm³/mol. The summed E-state index contributed by atoms with van der Waals surface area (Å²) >= 11 is 0. The molecule has 3 rings (SSSR count). The Labute approximate surface area is 149 Å². The van der Waals surface area contributed by atoms with Crippen molar-refractivity contribution in [3.63, 3.8) is 0 Å². The molecule has 0 bridgehead atoms. The highest BCUT2D eigenvalue weighted by molar-refractivity contribution is 5.96. The minimum atomic E-state index is -0.106. The van der Waals surface area contributed by atoms with Gasteiger partial charge in [-0.3, -0.25) is 4.79 Å².